The van der Waals surface area contributed by atoms with Crippen molar-refractivity contribution in [3.05, 3.63) is 156 Å². The predicted molar refractivity (Wildman–Crippen MR) is 173 cm³/mol. The number of ether oxygens (including phenoxy) is 1. The molecule has 1 aliphatic rings. The number of nitrogens with one attached hydrogen (secondary N) is 1. The Balaban J connectivity index is 1.79. The van der Waals surface area contributed by atoms with Gasteiger partial charge in [-0.15, -0.1) is 0 Å². The molecule has 0 spiro atoms. The molecule has 5 aromatic rings. The molecule has 0 amide bonds. The highest BCUT2D eigenvalue weighted by atomic mass is 16.5. The lowest BCUT2D eigenvalue weighted by atomic mass is 9.74. The van der Waals surface area contributed by atoms with Crippen molar-refractivity contribution in [3.8, 4) is 22.3 Å². The maximum Gasteiger partial charge on any atom is 0.0612 e. The Kier molecular flexibility index (Phi) is 7.95. The van der Waals surface area contributed by atoms with Crippen LogP contribution in [0.5, 0.6) is 0 Å². The number of methoxy groups -OCH3 is 1. The normalized spacial score (nSPS) is 16.1. The van der Waals surface area contributed by atoms with E-state index in [0.29, 0.717) is 6.61 Å². The molecule has 2 heteroatoms. The summed E-state index contributed by atoms with van der Waals surface area (Å²) < 4.78 is 6.14. The van der Waals surface area contributed by atoms with E-state index < -0.39 is 0 Å². The fraction of sp³-hybridized carbons (Fsp3) is 0.179. The second-order valence-electron chi connectivity index (χ2n) is 10.8. The number of rotatable bonds is 10. The summed E-state index contributed by atoms with van der Waals surface area (Å²) in [6.45, 7) is 4.55. The lowest BCUT2D eigenvalue weighted by Crippen LogP contribution is -2.42. The topological polar surface area (TPSA) is 21.3 Å². The third-order valence-corrected chi connectivity index (χ3v) is 8.22. The highest BCUT2D eigenvalue weighted by molar-refractivity contribution is 6.12. The molecule has 0 saturated heterocycles. The third-order valence-electron chi connectivity index (χ3n) is 8.22. The van der Waals surface area contributed by atoms with Gasteiger partial charge in [-0.3, -0.25) is 0 Å². The van der Waals surface area contributed by atoms with E-state index in [1.54, 1.807) is 0 Å². The molecule has 0 saturated carbocycles. The van der Waals surface area contributed by atoms with E-state index in [1.807, 2.05) is 7.11 Å². The van der Waals surface area contributed by atoms with E-state index in [-0.39, 0.29) is 5.41 Å². The first-order valence-corrected chi connectivity index (χ1v) is 14.6. The molecule has 0 fully saturated rings. The quantitative estimate of drug-likeness (QED) is 0.180. The highest BCUT2D eigenvalue weighted by Gasteiger charge is 2.47. The van der Waals surface area contributed by atoms with Crippen LogP contribution < -0.4 is 5.32 Å². The van der Waals surface area contributed by atoms with Gasteiger partial charge in [-0.05, 0) is 68.6 Å². The zero-order valence-electron chi connectivity index (χ0n) is 23.9. The van der Waals surface area contributed by atoms with Crippen LogP contribution in [0.1, 0.15) is 35.6 Å². The van der Waals surface area contributed by atoms with E-state index in [1.165, 1.54) is 55.7 Å². The lowest BCUT2D eigenvalue weighted by molar-refractivity contribution is 0.155. The van der Waals surface area contributed by atoms with Crippen LogP contribution in [0.15, 0.2) is 133 Å². The molecule has 0 bridgehead atoms. The minimum absolute atomic E-state index is 0.371. The fourth-order valence-corrected chi connectivity index (χ4v) is 6.55. The van der Waals surface area contributed by atoms with Crippen molar-refractivity contribution >= 4 is 11.1 Å². The van der Waals surface area contributed by atoms with Crippen LogP contribution in [-0.2, 0) is 10.2 Å². The second kappa shape index (κ2) is 12.1. The van der Waals surface area contributed by atoms with Gasteiger partial charge in [0, 0.05) is 13.7 Å². The summed E-state index contributed by atoms with van der Waals surface area (Å²) in [6.07, 6.45) is 1.08. The van der Waals surface area contributed by atoms with Crippen LogP contribution in [0.3, 0.4) is 0 Å². The molecule has 6 rings (SSSR count). The summed E-state index contributed by atoms with van der Waals surface area (Å²) in [7, 11) is 1.83. The van der Waals surface area contributed by atoms with Gasteiger partial charge in [-0.1, -0.05) is 140 Å². The lowest BCUT2D eigenvalue weighted by Gasteiger charge is -2.34. The minimum Gasteiger partial charge on any atom is -0.383 e. The number of hydrogen-bond donors (Lipinski definition) is 1. The molecule has 1 atom stereocenters. The van der Waals surface area contributed by atoms with Crippen LogP contribution in [0.25, 0.3) is 33.4 Å². The zero-order chi connectivity index (χ0) is 28.1. The number of hydrogen-bond acceptors (Lipinski definition) is 2. The van der Waals surface area contributed by atoms with Gasteiger partial charge in [0.2, 0.25) is 0 Å². The van der Waals surface area contributed by atoms with Crippen LogP contribution in [-0.4, -0.2) is 26.8 Å². The third kappa shape index (κ3) is 4.95. The molecule has 1 N–H and O–H groups in total. The van der Waals surface area contributed by atoms with E-state index in [4.69, 9.17) is 4.74 Å². The summed E-state index contributed by atoms with van der Waals surface area (Å²) in [5.41, 5.74) is 12.3. The highest BCUT2D eigenvalue weighted by Crippen LogP contribution is 2.57. The maximum atomic E-state index is 6.14. The van der Waals surface area contributed by atoms with E-state index >= 15 is 0 Å². The van der Waals surface area contributed by atoms with E-state index in [2.05, 4.69) is 146 Å². The Morgan fingerprint density at radius 3 is 1.68 bits per heavy atom. The van der Waals surface area contributed by atoms with Crippen molar-refractivity contribution in [1.82, 2.24) is 5.32 Å². The molecule has 0 heterocycles. The standard InChI is InChI=1S/C39H37NO/c1-3-26-40-27-39(28-41-2)34-25-24-33(29-16-8-4-9-17-29)35(30-18-10-5-11-19-30)37(34)36(31-20-12-6-13-21-31)38(39)32-22-14-7-15-23-32/h4-25,40H,3,26-28H2,1-2H3. The van der Waals surface area contributed by atoms with E-state index in [9.17, 15) is 0 Å². The molecule has 1 unspecified atom stereocenters. The summed E-state index contributed by atoms with van der Waals surface area (Å²) in [5.74, 6) is 0. The predicted octanol–water partition coefficient (Wildman–Crippen LogP) is 8.88. The van der Waals surface area contributed by atoms with Crippen LogP contribution in [0.4, 0.5) is 0 Å². The van der Waals surface area contributed by atoms with Gasteiger partial charge in [-0.2, -0.15) is 0 Å². The summed E-state index contributed by atoms with van der Waals surface area (Å²) in [5, 5.41) is 3.81. The monoisotopic (exact) mass is 535 g/mol. The van der Waals surface area contributed by atoms with Gasteiger partial charge in [0.15, 0.2) is 0 Å². The smallest absolute Gasteiger partial charge is 0.0612 e. The molecule has 5 aromatic carbocycles. The fourth-order valence-electron chi connectivity index (χ4n) is 6.55. The molecule has 41 heavy (non-hydrogen) atoms. The molecule has 0 aromatic heterocycles. The van der Waals surface area contributed by atoms with Crippen molar-refractivity contribution in [2.75, 3.05) is 26.8 Å². The van der Waals surface area contributed by atoms with Crippen LogP contribution >= 0.6 is 0 Å². The Morgan fingerprint density at radius 2 is 1.12 bits per heavy atom. The van der Waals surface area contributed by atoms with Crippen molar-refractivity contribution < 1.29 is 4.74 Å². The Labute approximate surface area is 244 Å². The van der Waals surface area contributed by atoms with E-state index in [0.717, 1.165) is 19.5 Å². The molecular weight excluding hydrogens is 498 g/mol. The van der Waals surface area contributed by atoms with Gasteiger partial charge in [0.05, 0.1) is 12.0 Å². The van der Waals surface area contributed by atoms with Gasteiger partial charge < -0.3 is 10.1 Å². The first-order chi connectivity index (χ1) is 20.3. The molecule has 1 aliphatic carbocycles. The first kappa shape index (κ1) is 27.0. The van der Waals surface area contributed by atoms with Gasteiger partial charge in [0.25, 0.3) is 0 Å². The molecule has 2 nitrogen and oxygen atoms in total. The summed E-state index contributed by atoms with van der Waals surface area (Å²) in [6, 6.07) is 48.2. The minimum atomic E-state index is -0.371. The van der Waals surface area contributed by atoms with Crippen molar-refractivity contribution in [2.45, 2.75) is 18.8 Å². The summed E-state index contributed by atoms with van der Waals surface area (Å²) in [4.78, 5) is 0. The average Bonchev–Trinajstić information content (AvgIpc) is 3.32. The molecular formula is C39H37NO. The maximum absolute atomic E-state index is 6.14. The summed E-state index contributed by atoms with van der Waals surface area (Å²) >= 11 is 0. The number of benzene rings is 5. The van der Waals surface area contributed by atoms with Crippen LogP contribution in [0, 0.1) is 0 Å². The Hall–Kier alpha value is -4.24. The second-order valence-corrected chi connectivity index (χ2v) is 10.8. The molecule has 0 radical (unpaired) electrons. The van der Waals surface area contributed by atoms with Gasteiger partial charge in [-0.25, -0.2) is 0 Å². The van der Waals surface area contributed by atoms with Gasteiger partial charge >= 0.3 is 0 Å². The Bertz CT molecular complexity index is 1630. The number of fused-ring (bicyclic) bond motifs is 1. The van der Waals surface area contributed by atoms with Crippen molar-refractivity contribution in [3.63, 3.8) is 0 Å². The average molecular weight is 536 g/mol. The molecule has 204 valence electrons. The largest absolute Gasteiger partial charge is 0.383 e. The van der Waals surface area contributed by atoms with Gasteiger partial charge in [0.1, 0.15) is 0 Å². The van der Waals surface area contributed by atoms with Crippen LogP contribution in [0.2, 0.25) is 0 Å². The first-order valence-electron chi connectivity index (χ1n) is 14.6. The SMILES string of the molecule is CCCNCC1(COC)C(c2ccccc2)=C(c2ccccc2)c2c1ccc(-c1ccccc1)c2-c1ccccc1. The Morgan fingerprint density at radius 1 is 0.585 bits per heavy atom. The molecule has 0 aliphatic heterocycles. The van der Waals surface area contributed by atoms with Crippen molar-refractivity contribution in [2.24, 2.45) is 0 Å². The zero-order valence-corrected chi connectivity index (χ0v) is 23.9. The van der Waals surface area contributed by atoms with Crippen molar-refractivity contribution in [1.29, 1.82) is 0 Å².